The van der Waals surface area contributed by atoms with E-state index in [-0.39, 0.29) is 17.7 Å². The Morgan fingerprint density at radius 1 is 1.50 bits per heavy atom. The van der Waals surface area contributed by atoms with Crippen LogP contribution in [0.4, 0.5) is 4.79 Å². The minimum absolute atomic E-state index is 0.0595. The van der Waals surface area contributed by atoms with E-state index in [1.165, 1.54) is 4.90 Å². The molecule has 0 aromatic carbocycles. The predicted octanol–water partition coefficient (Wildman–Crippen LogP) is -0.194. The van der Waals surface area contributed by atoms with E-state index in [1.54, 1.807) is 13.8 Å². The van der Waals surface area contributed by atoms with Gasteiger partial charge in [0.2, 0.25) is 11.8 Å². The SMILES string of the molecule is CCC(C)C(NC(N)=O)C(=O)N1CCNC(=O)C1(C)C. The summed E-state index contributed by atoms with van der Waals surface area (Å²) in [5.41, 5.74) is 4.22. The maximum absolute atomic E-state index is 12.7. The van der Waals surface area contributed by atoms with Crippen molar-refractivity contribution in [2.24, 2.45) is 11.7 Å². The summed E-state index contributed by atoms with van der Waals surface area (Å²) in [5.74, 6) is -0.520. The summed E-state index contributed by atoms with van der Waals surface area (Å²) in [6.07, 6.45) is 0.719. The first kappa shape index (κ1) is 16.3. The molecule has 2 atom stereocenters. The number of hydrogen-bond acceptors (Lipinski definition) is 3. The van der Waals surface area contributed by atoms with E-state index in [0.717, 1.165) is 6.42 Å². The summed E-state index contributed by atoms with van der Waals surface area (Å²) in [7, 11) is 0. The van der Waals surface area contributed by atoms with Crippen molar-refractivity contribution in [2.45, 2.75) is 45.7 Å². The molecule has 4 amide bonds. The zero-order chi connectivity index (χ0) is 15.5. The third-order valence-electron chi connectivity index (χ3n) is 3.89. The fourth-order valence-corrected chi connectivity index (χ4v) is 2.29. The van der Waals surface area contributed by atoms with Gasteiger partial charge in [0.1, 0.15) is 11.6 Å². The highest BCUT2D eigenvalue weighted by Gasteiger charge is 2.43. The predicted molar refractivity (Wildman–Crippen MR) is 74.8 cm³/mol. The second-order valence-electron chi connectivity index (χ2n) is 5.68. The Bertz CT molecular complexity index is 408. The van der Waals surface area contributed by atoms with Gasteiger partial charge in [-0.15, -0.1) is 0 Å². The van der Waals surface area contributed by atoms with Crippen molar-refractivity contribution in [2.75, 3.05) is 13.1 Å². The third-order valence-corrected chi connectivity index (χ3v) is 3.89. The quantitative estimate of drug-likeness (QED) is 0.666. The summed E-state index contributed by atoms with van der Waals surface area (Å²) in [4.78, 5) is 37.2. The van der Waals surface area contributed by atoms with E-state index in [9.17, 15) is 14.4 Å². The molecule has 1 aliphatic rings. The molecular weight excluding hydrogens is 260 g/mol. The van der Waals surface area contributed by atoms with E-state index < -0.39 is 17.6 Å². The van der Waals surface area contributed by atoms with E-state index in [0.29, 0.717) is 13.1 Å². The monoisotopic (exact) mass is 284 g/mol. The van der Waals surface area contributed by atoms with Gasteiger partial charge in [-0.1, -0.05) is 20.3 Å². The lowest BCUT2D eigenvalue weighted by Crippen LogP contribution is -2.67. The molecular formula is C13H24N4O3. The van der Waals surface area contributed by atoms with Gasteiger partial charge in [0.05, 0.1) is 0 Å². The smallest absolute Gasteiger partial charge is 0.312 e. The number of nitrogens with two attached hydrogens (primary N) is 1. The van der Waals surface area contributed by atoms with Crippen molar-refractivity contribution in [3.63, 3.8) is 0 Å². The molecule has 1 aliphatic heterocycles. The van der Waals surface area contributed by atoms with Crippen LogP contribution in [0.3, 0.4) is 0 Å². The van der Waals surface area contributed by atoms with Crippen molar-refractivity contribution in [1.82, 2.24) is 15.5 Å². The summed E-state index contributed by atoms with van der Waals surface area (Å²) in [5, 5.41) is 5.23. The highest BCUT2D eigenvalue weighted by atomic mass is 16.2. The van der Waals surface area contributed by atoms with E-state index in [4.69, 9.17) is 5.73 Å². The minimum Gasteiger partial charge on any atom is -0.352 e. The highest BCUT2D eigenvalue weighted by molar-refractivity contribution is 5.94. The van der Waals surface area contributed by atoms with Crippen LogP contribution in [0.15, 0.2) is 0 Å². The number of hydrogen-bond donors (Lipinski definition) is 3. The molecule has 4 N–H and O–H groups in total. The van der Waals surface area contributed by atoms with Crippen LogP contribution in [0.1, 0.15) is 34.1 Å². The molecule has 0 aromatic rings. The first-order chi connectivity index (χ1) is 9.21. The number of urea groups is 1. The lowest BCUT2D eigenvalue weighted by molar-refractivity contribution is -0.151. The second-order valence-corrected chi connectivity index (χ2v) is 5.68. The molecule has 0 radical (unpaired) electrons. The molecule has 2 unspecified atom stereocenters. The Kier molecular flexibility index (Phi) is 4.97. The maximum Gasteiger partial charge on any atom is 0.312 e. The fourth-order valence-electron chi connectivity index (χ4n) is 2.29. The lowest BCUT2D eigenvalue weighted by Gasteiger charge is -2.43. The zero-order valence-corrected chi connectivity index (χ0v) is 12.5. The third kappa shape index (κ3) is 3.20. The number of nitrogens with zero attached hydrogens (tertiary/aromatic N) is 1. The van der Waals surface area contributed by atoms with Gasteiger partial charge >= 0.3 is 6.03 Å². The fraction of sp³-hybridized carbons (Fsp3) is 0.769. The van der Waals surface area contributed by atoms with E-state index >= 15 is 0 Å². The van der Waals surface area contributed by atoms with Crippen LogP contribution < -0.4 is 16.4 Å². The Morgan fingerprint density at radius 2 is 2.10 bits per heavy atom. The lowest BCUT2D eigenvalue weighted by atomic mass is 9.93. The van der Waals surface area contributed by atoms with Gasteiger partial charge in [0, 0.05) is 13.1 Å². The average Bonchev–Trinajstić information content (AvgIpc) is 2.37. The molecule has 0 aromatic heterocycles. The zero-order valence-electron chi connectivity index (χ0n) is 12.5. The molecule has 1 heterocycles. The van der Waals surface area contributed by atoms with Gasteiger partial charge in [-0.2, -0.15) is 0 Å². The molecule has 0 saturated carbocycles. The number of carbonyl (C=O) groups is 3. The van der Waals surface area contributed by atoms with Gasteiger partial charge in [0.25, 0.3) is 0 Å². The first-order valence-corrected chi connectivity index (χ1v) is 6.87. The summed E-state index contributed by atoms with van der Waals surface area (Å²) < 4.78 is 0. The number of nitrogens with one attached hydrogen (secondary N) is 2. The molecule has 1 rings (SSSR count). The Labute approximate surface area is 119 Å². The maximum atomic E-state index is 12.7. The highest BCUT2D eigenvalue weighted by Crippen LogP contribution is 2.21. The molecule has 114 valence electrons. The van der Waals surface area contributed by atoms with Crippen LogP contribution in [0.2, 0.25) is 0 Å². The van der Waals surface area contributed by atoms with Crippen molar-refractivity contribution in [1.29, 1.82) is 0 Å². The molecule has 0 bridgehead atoms. The largest absolute Gasteiger partial charge is 0.352 e. The van der Waals surface area contributed by atoms with Gasteiger partial charge in [-0.05, 0) is 19.8 Å². The summed E-state index contributed by atoms with van der Waals surface area (Å²) >= 11 is 0. The summed E-state index contributed by atoms with van der Waals surface area (Å²) in [6, 6.07) is -1.44. The molecule has 7 nitrogen and oxygen atoms in total. The molecule has 0 aliphatic carbocycles. The topological polar surface area (TPSA) is 105 Å². The minimum atomic E-state index is -0.930. The van der Waals surface area contributed by atoms with Crippen LogP contribution in [-0.4, -0.2) is 47.4 Å². The van der Waals surface area contributed by atoms with Gasteiger partial charge in [0.15, 0.2) is 0 Å². The van der Waals surface area contributed by atoms with Crippen LogP contribution >= 0.6 is 0 Å². The summed E-state index contributed by atoms with van der Waals surface area (Å²) in [6.45, 7) is 8.02. The second kappa shape index (κ2) is 6.11. The van der Waals surface area contributed by atoms with Gasteiger partial charge in [-0.25, -0.2) is 4.79 Å². The standard InChI is InChI=1S/C13H24N4O3/c1-5-8(2)9(16-12(14)20)10(18)17-7-6-15-11(19)13(17,3)4/h8-9H,5-7H2,1-4H3,(H,15,19)(H3,14,16,20). The van der Waals surface area contributed by atoms with Crippen LogP contribution in [0, 0.1) is 5.92 Å². The number of primary amides is 1. The van der Waals surface area contributed by atoms with E-state index in [2.05, 4.69) is 10.6 Å². The van der Waals surface area contributed by atoms with Crippen LogP contribution in [-0.2, 0) is 9.59 Å². The van der Waals surface area contributed by atoms with Crippen molar-refractivity contribution in [3.05, 3.63) is 0 Å². The van der Waals surface area contributed by atoms with Gasteiger partial charge < -0.3 is 21.3 Å². The molecule has 1 saturated heterocycles. The Balaban J connectivity index is 2.98. The average molecular weight is 284 g/mol. The molecule has 20 heavy (non-hydrogen) atoms. The number of amides is 4. The van der Waals surface area contributed by atoms with Crippen molar-refractivity contribution >= 4 is 17.8 Å². The Hall–Kier alpha value is -1.79. The molecule has 1 fully saturated rings. The van der Waals surface area contributed by atoms with Crippen molar-refractivity contribution < 1.29 is 14.4 Å². The van der Waals surface area contributed by atoms with Gasteiger partial charge in [-0.3, -0.25) is 9.59 Å². The van der Waals surface area contributed by atoms with Crippen molar-refractivity contribution in [3.8, 4) is 0 Å². The first-order valence-electron chi connectivity index (χ1n) is 6.87. The van der Waals surface area contributed by atoms with Crippen LogP contribution in [0.25, 0.3) is 0 Å². The number of piperazine rings is 1. The molecule has 0 spiro atoms. The number of carbonyl (C=O) groups excluding carboxylic acids is 3. The van der Waals surface area contributed by atoms with E-state index in [1.807, 2.05) is 13.8 Å². The molecule has 7 heteroatoms. The normalized spacial score (nSPS) is 20.8. The van der Waals surface area contributed by atoms with Crippen LogP contribution in [0.5, 0.6) is 0 Å². The number of rotatable bonds is 4. The Morgan fingerprint density at radius 3 is 2.60 bits per heavy atom.